The Morgan fingerprint density at radius 2 is 1.88 bits per heavy atom. The van der Waals surface area contributed by atoms with Gasteiger partial charge in [-0.05, 0) is 49.1 Å². The standard InChI is InChI=1S/C19H21FN2O3/c1-14-2-7-18(19(12-14)22(23)24)21-10-8-17(9-11-21)25-13-15-3-5-16(20)6-4-15/h2-7,12,17H,8-11,13H2,1H3. The van der Waals surface area contributed by atoms with Gasteiger partial charge in [0.05, 0.1) is 17.6 Å². The van der Waals surface area contributed by atoms with E-state index in [1.165, 1.54) is 12.1 Å². The van der Waals surface area contributed by atoms with Crippen LogP contribution < -0.4 is 4.90 Å². The van der Waals surface area contributed by atoms with E-state index in [1.54, 1.807) is 18.2 Å². The first-order valence-electron chi connectivity index (χ1n) is 8.39. The number of anilines is 1. The first-order chi connectivity index (χ1) is 12.0. The van der Waals surface area contributed by atoms with Gasteiger partial charge in [0.15, 0.2) is 0 Å². The number of nitro benzene ring substituents is 1. The number of hydrogen-bond donors (Lipinski definition) is 0. The second-order valence-electron chi connectivity index (χ2n) is 6.37. The molecule has 2 aromatic carbocycles. The molecule has 2 aromatic rings. The summed E-state index contributed by atoms with van der Waals surface area (Å²) in [6.45, 7) is 3.75. The van der Waals surface area contributed by atoms with Gasteiger partial charge in [-0.25, -0.2) is 4.39 Å². The summed E-state index contributed by atoms with van der Waals surface area (Å²) in [5, 5.41) is 11.3. The third-order valence-electron chi connectivity index (χ3n) is 4.51. The molecule has 3 rings (SSSR count). The molecule has 1 heterocycles. The number of benzene rings is 2. The predicted octanol–water partition coefficient (Wildman–Crippen LogP) is 4.23. The molecule has 1 aliphatic heterocycles. The first-order valence-corrected chi connectivity index (χ1v) is 8.39. The highest BCUT2D eigenvalue weighted by molar-refractivity contribution is 5.64. The zero-order valence-corrected chi connectivity index (χ0v) is 14.2. The molecule has 0 spiro atoms. The van der Waals surface area contributed by atoms with Crippen molar-refractivity contribution in [1.29, 1.82) is 0 Å². The molecule has 0 N–H and O–H groups in total. The highest BCUT2D eigenvalue weighted by Gasteiger charge is 2.25. The summed E-state index contributed by atoms with van der Waals surface area (Å²) >= 11 is 0. The van der Waals surface area contributed by atoms with Crippen molar-refractivity contribution in [2.24, 2.45) is 0 Å². The number of nitro groups is 1. The highest BCUT2D eigenvalue weighted by Crippen LogP contribution is 2.31. The third-order valence-corrected chi connectivity index (χ3v) is 4.51. The molecular formula is C19H21FN2O3. The third kappa shape index (κ3) is 4.33. The zero-order chi connectivity index (χ0) is 17.8. The fourth-order valence-corrected chi connectivity index (χ4v) is 3.11. The molecule has 0 amide bonds. The fourth-order valence-electron chi connectivity index (χ4n) is 3.11. The van der Waals surface area contributed by atoms with E-state index in [0.29, 0.717) is 12.3 Å². The zero-order valence-electron chi connectivity index (χ0n) is 14.2. The molecule has 0 unspecified atom stereocenters. The van der Waals surface area contributed by atoms with E-state index in [1.807, 2.05) is 19.1 Å². The van der Waals surface area contributed by atoms with Crippen molar-refractivity contribution >= 4 is 11.4 Å². The van der Waals surface area contributed by atoms with E-state index in [2.05, 4.69) is 4.90 Å². The summed E-state index contributed by atoms with van der Waals surface area (Å²) in [7, 11) is 0. The number of aryl methyl sites for hydroxylation is 1. The number of rotatable bonds is 5. The molecule has 0 aliphatic carbocycles. The van der Waals surface area contributed by atoms with Crippen molar-refractivity contribution in [3.05, 3.63) is 69.5 Å². The summed E-state index contributed by atoms with van der Waals surface area (Å²) in [5.74, 6) is -0.253. The van der Waals surface area contributed by atoms with Crippen LogP contribution >= 0.6 is 0 Å². The fraction of sp³-hybridized carbons (Fsp3) is 0.368. The van der Waals surface area contributed by atoms with Gasteiger partial charge in [-0.1, -0.05) is 18.2 Å². The minimum absolute atomic E-state index is 0.116. The van der Waals surface area contributed by atoms with Crippen molar-refractivity contribution in [3.8, 4) is 0 Å². The van der Waals surface area contributed by atoms with E-state index < -0.39 is 0 Å². The maximum atomic E-state index is 12.9. The number of hydrogen-bond acceptors (Lipinski definition) is 4. The van der Waals surface area contributed by atoms with Crippen molar-refractivity contribution in [1.82, 2.24) is 0 Å². The summed E-state index contributed by atoms with van der Waals surface area (Å²) < 4.78 is 18.8. The van der Waals surface area contributed by atoms with Crippen molar-refractivity contribution in [2.75, 3.05) is 18.0 Å². The quantitative estimate of drug-likeness (QED) is 0.602. The monoisotopic (exact) mass is 344 g/mol. The van der Waals surface area contributed by atoms with Crippen molar-refractivity contribution < 1.29 is 14.1 Å². The Bertz CT molecular complexity index is 741. The van der Waals surface area contributed by atoms with Crippen LogP contribution in [0.3, 0.4) is 0 Å². The molecule has 1 aliphatic rings. The lowest BCUT2D eigenvalue weighted by molar-refractivity contribution is -0.384. The summed E-state index contributed by atoms with van der Waals surface area (Å²) in [4.78, 5) is 13.0. The molecule has 0 aromatic heterocycles. The maximum Gasteiger partial charge on any atom is 0.292 e. The van der Waals surface area contributed by atoms with E-state index in [0.717, 1.165) is 37.1 Å². The number of piperidine rings is 1. The van der Waals surface area contributed by atoms with Crippen LogP contribution in [-0.4, -0.2) is 24.1 Å². The lowest BCUT2D eigenvalue weighted by Crippen LogP contribution is -2.37. The maximum absolute atomic E-state index is 12.9. The van der Waals surface area contributed by atoms with Gasteiger partial charge < -0.3 is 9.64 Å². The molecule has 1 saturated heterocycles. The van der Waals surface area contributed by atoms with Crippen LogP contribution in [0, 0.1) is 22.9 Å². The lowest BCUT2D eigenvalue weighted by Gasteiger charge is -2.33. The average Bonchev–Trinajstić information content (AvgIpc) is 2.62. The predicted molar refractivity (Wildman–Crippen MR) is 94.3 cm³/mol. The SMILES string of the molecule is Cc1ccc(N2CCC(OCc3ccc(F)cc3)CC2)c([N+](=O)[O-])c1. The minimum Gasteiger partial charge on any atom is -0.373 e. The van der Waals surface area contributed by atoms with Crippen LogP contribution in [0.4, 0.5) is 15.8 Å². The first kappa shape index (κ1) is 17.4. The Labute approximate surface area is 146 Å². The van der Waals surface area contributed by atoms with E-state index >= 15 is 0 Å². The van der Waals surface area contributed by atoms with Crippen molar-refractivity contribution in [2.45, 2.75) is 32.5 Å². The van der Waals surface area contributed by atoms with Gasteiger partial charge in [0.1, 0.15) is 11.5 Å². The molecule has 25 heavy (non-hydrogen) atoms. The second-order valence-corrected chi connectivity index (χ2v) is 6.37. The summed E-state index contributed by atoms with van der Waals surface area (Å²) in [6.07, 6.45) is 1.74. The number of nitrogens with zero attached hydrogens (tertiary/aromatic N) is 2. The van der Waals surface area contributed by atoms with E-state index in [9.17, 15) is 14.5 Å². The lowest BCUT2D eigenvalue weighted by atomic mass is 10.1. The second kappa shape index (κ2) is 7.61. The number of halogens is 1. The normalized spacial score (nSPS) is 15.4. The average molecular weight is 344 g/mol. The Hall–Kier alpha value is -2.47. The van der Waals surface area contributed by atoms with E-state index in [-0.39, 0.29) is 22.5 Å². The number of ether oxygens (including phenoxy) is 1. The molecule has 1 fully saturated rings. The van der Waals surface area contributed by atoms with Crippen LogP contribution in [0.15, 0.2) is 42.5 Å². The van der Waals surface area contributed by atoms with Crippen LogP contribution in [0.5, 0.6) is 0 Å². The van der Waals surface area contributed by atoms with Gasteiger partial charge >= 0.3 is 0 Å². The van der Waals surface area contributed by atoms with Gasteiger partial charge in [-0.3, -0.25) is 10.1 Å². The molecule has 0 atom stereocenters. The van der Waals surface area contributed by atoms with Crippen LogP contribution in [0.2, 0.25) is 0 Å². The Morgan fingerprint density at radius 3 is 2.52 bits per heavy atom. The van der Waals surface area contributed by atoms with Crippen molar-refractivity contribution in [3.63, 3.8) is 0 Å². The topological polar surface area (TPSA) is 55.6 Å². The van der Waals surface area contributed by atoms with Gasteiger partial charge in [0.2, 0.25) is 0 Å². The molecule has 0 radical (unpaired) electrons. The molecule has 0 saturated carbocycles. The molecule has 132 valence electrons. The smallest absolute Gasteiger partial charge is 0.292 e. The minimum atomic E-state index is -0.320. The Balaban J connectivity index is 1.57. The molecular weight excluding hydrogens is 323 g/mol. The summed E-state index contributed by atoms with van der Waals surface area (Å²) in [6, 6.07) is 11.6. The Kier molecular flexibility index (Phi) is 5.28. The van der Waals surface area contributed by atoms with Gasteiger partial charge in [-0.15, -0.1) is 0 Å². The molecule has 6 heteroatoms. The van der Waals surface area contributed by atoms with Gasteiger partial charge in [-0.2, -0.15) is 0 Å². The van der Waals surface area contributed by atoms with Crippen LogP contribution in [-0.2, 0) is 11.3 Å². The van der Waals surface area contributed by atoms with Crippen LogP contribution in [0.1, 0.15) is 24.0 Å². The molecule has 5 nitrogen and oxygen atoms in total. The molecule has 0 bridgehead atoms. The van der Waals surface area contributed by atoms with Gasteiger partial charge in [0, 0.05) is 19.2 Å². The van der Waals surface area contributed by atoms with Gasteiger partial charge in [0.25, 0.3) is 5.69 Å². The summed E-state index contributed by atoms with van der Waals surface area (Å²) in [5.41, 5.74) is 2.66. The van der Waals surface area contributed by atoms with E-state index in [4.69, 9.17) is 4.74 Å². The Morgan fingerprint density at radius 1 is 1.20 bits per heavy atom. The highest BCUT2D eigenvalue weighted by atomic mass is 19.1. The van der Waals surface area contributed by atoms with Crippen LogP contribution in [0.25, 0.3) is 0 Å². The largest absolute Gasteiger partial charge is 0.373 e.